The third-order valence-corrected chi connectivity index (χ3v) is 1.82. The highest BCUT2D eigenvalue weighted by Crippen LogP contribution is 2.00. The van der Waals surface area contributed by atoms with Crippen molar-refractivity contribution >= 4 is 0 Å². The Morgan fingerprint density at radius 3 is 2.50 bits per heavy atom. The Labute approximate surface area is 82.2 Å². The van der Waals surface area contributed by atoms with E-state index in [2.05, 4.69) is 10.2 Å². The number of aromatic nitrogens is 3. The van der Waals surface area contributed by atoms with Gasteiger partial charge in [-0.25, -0.2) is 0 Å². The van der Waals surface area contributed by atoms with Crippen molar-refractivity contribution in [2.75, 3.05) is 0 Å². The molecule has 0 aliphatic carbocycles. The van der Waals surface area contributed by atoms with Gasteiger partial charge >= 0.3 is 0 Å². The minimum atomic E-state index is 0.488. The molecular weight excluding hydrogens is 178 g/mol. The molecule has 4 nitrogen and oxygen atoms in total. The van der Waals surface area contributed by atoms with E-state index in [-0.39, 0.29) is 0 Å². The van der Waals surface area contributed by atoms with Gasteiger partial charge in [-0.15, -0.1) is 10.2 Å². The Hall–Kier alpha value is -1.68. The summed E-state index contributed by atoms with van der Waals surface area (Å²) in [7, 11) is 0. The molecule has 14 heavy (non-hydrogen) atoms. The second kappa shape index (κ2) is 4.53. The summed E-state index contributed by atoms with van der Waals surface area (Å²) in [5, 5.41) is 7.36. The van der Waals surface area contributed by atoms with E-state index in [9.17, 15) is 0 Å². The first-order chi connectivity index (χ1) is 6.95. The number of benzene rings is 1. The maximum Gasteiger partial charge on any atom is 0.125 e. The molecule has 0 saturated carbocycles. The first-order valence-corrected chi connectivity index (χ1v) is 4.39. The van der Waals surface area contributed by atoms with Crippen molar-refractivity contribution < 1.29 is 4.74 Å². The second-order valence-electron chi connectivity index (χ2n) is 2.94. The lowest BCUT2D eigenvalue weighted by Gasteiger charge is -2.03. The van der Waals surface area contributed by atoms with Crippen molar-refractivity contribution in [2.24, 2.45) is 0 Å². The molecule has 0 radical (unpaired) electrons. The van der Waals surface area contributed by atoms with Crippen LogP contribution in [0.5, 0.6) is 0 Å². The van der Waals surface area contributed by atoms with E-state index in [0.717, 1.165) is 0 Å². The Morgan fingerprint density at radius 2 is 1.79 bits per heavy atom. The van der Waals surface area contributed by atoms with Gasteiger partial charge in [0.1, 0.15) is 19.4 Å². The number of ether oxygens (including phenoxy) is 1. The van der Waals surface area contributed by atoms with Gasteiger partial charge in [-0.1, -0.05) is 30.3 Å². The smallest absolute Gasteiger partial charge is 0.125 e. The molecule has 0 fully saturated rings. The van der Waals surface area contributed by atoms with E-state index in [1.807, 2.05) is 30.3 Å². The number of nitrogens with zero attached hydrogens (tertiary/aromatic N) is 3. The maximum atomic E-state index is 5.45. The van der Waals surface area contributed by atoms with Gasteiger partial charge in [-0.2, -0.15) is 0 Å². The Kier molecular flexibility index (Phi) is 2.88. The summed E-state index contributed by atoms with van der Waals surface area (Å²) in [5.41, 5.74) is 1.17. The van der Waals surface area contributed by atoms with Crippen molar-refractivity contribution in [1.29, 1.82) is 0 Å². The topological polar surface area (TPSA) is 39.9 Å². The predicted octanol–water partition coefficient (Wildman–Crippen LogP) is 1.45. The molecule has 0 spiro atoms. The quantitative estimate of drug-likeness (QED) is 0.730. The highest BCUT2D eigenvalue weighted by Gasteiger charge is 1.92. The average molecular weight is 189 g/mol. The molecule has 0 amide bonds. The van der Waals surface area contributed by atoms with Gasteiger partial charge in [0.05, 0.1) is 6.61 Å². The molecule has 0 bridgehead atoms. The van der Waals surface area contributed by atoms with Crippen LogP contribution >= 0.6 is 0 Å². The lowest BCUT2D eigenvalue weighted by Crippen LogP contribution is -2.00. The van der Waals surface area contributed by atoms with Gasteiger partial charge in [-0.3, -0.25) is 4.57 Å². The van der Waals surface area contributed by atoms with Crippen molar-refractivity contribution in [3.05, 3.63) is 48.5 Å². The molecule has 0 atom stereocenters. The molecule has 2 rings (SSSR count). The zero-order chi connectivity index (χ0) is 9.64. The number of hydrogen-bond acceptors (Lipinski definition) is 3. The fraction of sp³-hybridized carbons (Fsp3) is 0.200. The minimum Gasteiger partial charge on any atom is -0.356 e. The van der Waals surface area contributed by atoms with Crippen LogP contribution in [0.3, 0.4) is 0 Å². The van der Waals surface area contributed by atoms with Crippen LogP contribution in [0.15, 0.2) is 43.0 Å². The molecule has 1 heterocycles. The Balaban J connectivity index is 1.79. The highest BCUT2D eigenvalue weighted by atomic mass is 16.5. The van der Waals surface area contributed by atoms with Gasteiger partial charge in [0, 0.05) is 0 Å². The standard InChI is InChI=1S/C10H11N3O/c1-2-4-10(5-3-1)6-14-9-13-7-11-12-8-13/h1-5,7-8H,6,9H2. The van der Waals surface area contributed by atoms with E-state index in [4.69, 9.17) is 4.74 Å². The molecule has 0 N–H and O–H groups in total. The van der Waals surface area contributed by atoms with Crippen molar-refractivity contribution in [3.8, 4) is 0 Å². The highest BCUT2D eigenvalue weighted by molar-refractivity contribution is 5.13. The molecule has 4 heteroatoms. The van der Waals surface area contributed by atoms with Gasteiger partial charge in [-0.05, 0) is 5.56 Å². The van der Waals surface area contributed by atoms with Crippen LogP contribution in [0.25, 0.3) is 0 Å². The van der Waals surface area contributed by atoms with Crippen LogP contribution in [-0.2, 0) is 18.1 Å². The lowest BCUT2D eigenvalue weighted by molar-refractivity contribution is 0.0637. The number of rotatable bonds is 4. The van der Waals surface area contributed by atoms with E-state index in [1.54, 1.807) is 17.2 Å². The molecule has 0 aliphatic heterocycles. The monoisotopic (exact) mass is 189 g/mol. The lowest BCUT2D eigenvalue weighted by atomic mass is 10.2. The first kappa shape index (κ1) is 8.90. The van der Waals surface area contributed by atoms with Gasteiger partial charge in [0.2, 0.25) is 0 Å². The fourth-order valence-corrected chi connectivity index (χ4v) is 1.13. The van der Waals surface area contributed by atoms with Gasteiger partial charge < -0.3 is 4.74 Å². The first-order valence-electron chi connectivity index (χ1n) is 4.39. The van der Waals surface area contributed by atoms with Crippen LogP contribution in [0.4, 0.5) is 0 Å². The summed E-state index contributed by atoms with van der Waals surface area (Å²) in [5.74, 6) is 0. The van der Waals surface area contributed by atoms with Crippen molar-refractivity contribution in [2.45, 2.75) is 13.3 Å². The van der Waals surface area contributed by atoms with Crippen molar-refractivity contribution in [1.82, 2.24) is 14.8 Å². The van der Waals surface area contributed by atoms with Crippen LogP contribution in [0.2, 0.25) is 0 Å². The summed E-state index contributed by atoms with van der Waals surface area (Å²) >= 11 is 0. The van der Waals surface area contributed by atoms with Crippen LogP contribution in [0.1, 0.15) is 5.56 Å². The Bertz CT molecular complexity index is 358. The second-order valence-corrected chi connectivity index (χ2v) is 2.94. The van der Waals surface area contributed by atoms with E-state index in [0.29, 0.717) is 13.3 Å². The van der Waals surface area contributed by atoms with E-state index < -0.39 is 0 Å². The largest absolute Gasteiger partial charge is 0.356 e. The summed E-state index contributed by atoms with van der Waals surface area (Å²) in [6, 6.07) is 10.1. The summed E-state index contributed by atoms with van der Waals surface area (Å²) in [6.07, 6.45) is 3.26. The van der Waals surface area contributed by atoms with Crippen molar-refractivity contribution in [3.63, 3.8) is 0 Å². The maximum absolute atomic E-state index is 5.45. The molecule has 2 aromatic rings. The fourth-order valence-electron chi connectivity index (χ4n) is 1.13. The molecule has 1 aromatic carbocycles. The Morgan fingerprint density at radius 1 is 1.07 bits per heavy atom. The average Bonchev–Trinajstić information content (AvgIpc) is 2.72. The molecule has 0 unspecified atom stereocenters. The SMILES string of the molecule is c1ccc(COCn2cnnc2)cc1. The zero-order valence-electron chi connectivity index (χ0n) is 7.71. The van der Waals surface area contributed by atoms with Gasteiger partial charge in [0.25, 0.3) is 0 Å². The summed E-state index contributed by atoms with van der Waals surface area (Å²) < 4.78 is 7.23. The predicted molar refractivity (Wildman–Crippen MR) is 51.3 cm³/mol. The third-order valence-electron chi connectivity index (χ3n) is 1.82. The summed E-state index contributed by atoms with van der Waals surface area (Å²) in [4.78, 5) is 0. The van der Waals surface area contributed by atoms with Crippen LogP contribution in [-0.4, -0.2) is 14.8 Å². The van der Waals surface area contributed by atoms with E-state index >= 15 is 0 Å². The zero-order valence-corrected chi connectivity index (χ0v) is 7.71. The van der Waals surface area contributed by atoms with Crippen LogP contribution in [0, 0.1) is 0 Å². The third kappa shape index (κ3) is 2.40. The molecular formula is C10H11N3O. The minimum absolute atomic E-state index is 0.488. The molecule has 1 aromatic heterocycles. The molecule has 0 saturated heterocycles. The summed E-state index contributed by atoms with van der Waals surface area (Å²) in [6.45, 7) is 1.10. The van der Waals surface area contributed by atoms with E-state index in [1.165, 1.54) is 5.56 Å². The molecule has 72 valence electrons. The van der Waals surface area contributed by atoms with Crippen LogP contribution < -0.4 is 0 Å². The number of hydrogen-bond donors (Lipinski definition) is 0. The normalized spacial score (nSPS) is 10.3. The van der Waals surface area contributed by atoms with Gasteiger partial charge in [0.15, 0.2) is 0 Å². The molecule has 0 aliphatic rings.